The van der Waals surface area contributed by atoms with Crippen molar-refractivity contribution in [3.63, 3.8) is 0 Å². The van der Waals surface area contributed by atoms with Gasteiger partial charge in [0.2, 0.25) is 0 Å². The number of nitrogens with zero attached hydrogens (tertiary/aromatic N) is 1. The Bertz CT molecular complexity index is 563. The van der Waals surface area contributed by atoms with E-state index in [1.807, 2.05) is 12.1 Å². The van der Waals surface area contributed by atoms with E-state index in [9.17, 15) is 0 Å². The predicted molar refractivity (Wildman–Crippen MR) is 78.3 cm³/mol. The summed E-state index contributed by atoms with van der Waals surface area (Å²) < 4.78 is 11.4. The zero-order chi connectivity index (χ0) is 14.1. The van der Waals surface area contributed by atoms with Gasteiger partial charge in [-0.25, -0.2) is 4.98 Å². The second kappa shape index (κ2) is 5.32. The van der Waals surface area contributed by atoms with Crippen LogP contribution in [0.1, 0.15) is 32.0 Å². The number of rotatable bonds is 3. The van der Waals surface area contributed by atoms with Crippen molar-refractivity contribution in [3.05, 3.63) is 18.0 Å². The third kappa shape index (κ3) is 2.33. The molecule has 5 heteroatoms. The van der Waals surface area contributed by atoms with Gasteiger partial charge >= 0.3 is 0 Å². The molecule has 1 unspecified atom stereocenters. The van der Waals surface area contributed by atoms with E-state index in [-0.39, 0.29) is 5.92 Å². The van der Waals surface area contributed by atoms with Crippen LogP contribution in [0.15, 0.2) is 12.1 Å². The molecule has 0 bridgehead atoms. The first kappa shape index (κ1) is 13.2. The number of hydrogen-bond donors (Lipinski definition) is 2. The van der Waals surface area contributed by atoms with Crippen LogP contribution in [-0.2, 0) is 0 Å². The number of nitrogens with two attached hydrogens (primary N) is 1. The number of H-pyrrole nitrogens is 1. The second-order valence-corrected chi connectivity index (χ2v) is 5.57. The summed E-state index contributed by atoms with van der Waals surface area (Å²) in [6.07, 6.45) is 0.907. The smallest absolute Gasteiger partial charge is 0.163 e. The standard InChI is InChI=1S/C15H21N3O2/c1-9(2)10(8-16)15-17-11-6-13-14(7-12(11)18-15)20-5-3-4-19-13/h6-7,9-10H,3-5,8,16H2,1-2H3,(H,17,18). The zero-order valence-corrected chi connectivity index (χ0v) is 12.0. The summed E-state index contributed by atoms with van der Waals surface area (Å²) in [4.78, 5) is 8.04. The molecule has 0 aliphatic carbocycles. The molecule has 1 aromatic carbocycles. The molecule has 0 fully saturated rings. The number of aromatic nitrogens is 2. The van der Waals surface area contributed by atoms with E-state index in [2.05, 4.69) is 23.8 Å². The molecule has 3 N–H and O–H groups in total. The Morgan fingerprint density at radius 2 is 1.95 bits per heavy atom. The minimum absolute atomic E-state index is 0.240. The fourth-order valence-corrected chi connectivity index (χ4v) is 2.56. The monoisotopic (exact) mass is 275 g/mol. The van der Waals surface area contributed by atoms with Crippen LogP contribution in [0.25, 0.3) is 11.0 Å². The van der Waals surface area contributed by atoms with E-state index < -0.39 is 0 Å². The normalized spacial score (nSPS) is 16.4. The van der Waals surface area contributed by atoms with E-state index in [0.29, 0.717) is 25.7 Å². The Morgan fingerprint density at radius 1 is 1.25 bits per heavy atom. The zero-order valence-electron chi connectivity index (χ0n) is 12.0. The van der Waals surface area contributed by atoms with Crippen molar-refractivity contribution in [3.8, 4) is 11.5 Å². The Labute approximate surface area is 118 Å². The van der Waals surface area contributed by atoms with Gasteiger partial charge in [-0.15, -0.1) is 0 Å². The summed E-state index contributed by atoms with van der Waals surface area (Å²) in [7, 11) is 0. The molecule has 1 aliphatic rings. The number of benzene rings is 1. The molecule has 0 spiro atoms. The van der Waals surface area contributed by atoms with Crippen molar-refractivity contribution in [2.24, 2.45) is 11.7 Å². The van der Waals surface area contributed by atoms with Crippen LogP contribution >= 0.6 is 0 Å². The van der Waals surface area contributed by atoms with Gasteiger partial charge in [-0.1, -0.05) is 13.8 Å². The van der Waals surface area contributed by atoms with Crippen LogP contribution in [-0.4, -0.2) is 29.7 Å². The van der Waals surface area contributed by atoms with E-state index in [1.165, 1.54) is 0 Å². The molecule has 0 saturated heterocycles. The molecule has 0 saturated carbocycles. The molecule has 1 atom stereocenters. The highest BCUT2D eigenvalue weighted by Gasteiger charge is 2.20. The molecule has 0 radical (unpaired) electrons. The molecule has 5 nitrogen and oxygen atoms in total. The van der Waals surface area contributed by atoms with Crippen molar-refractivity contribution in [2.45, 2.75) is 26.2 Å². The molecular formula is C15H21N3O2. The lowest BCUT2D eigenvalue weighted by atomic mass is 9.95. The summed E-state index contributed by atoms with van der Waals surface area (Å²) >= 11 is 0. The van der Waals surface area contributed by atoms with Gasteiger partial charge in [-0.3, -0.25) is 0 Å². The number of aromatic amines is 1. The summed E-state index contributed by atoms with van der Waals surface area (Å²) in [5.74, 6) is 3.20. The molecule has 0 amide bonds. The number of fused-ring (bicyclic) bond motifs is 2. The Balaban J connectivity index is 2.03. The first-order valence-electron chi connectivity index (χ1n) is 7.18. The number of nitrogens with one attached hydrogen (secondary N) is 1. The SMILES string of the molecule is CC(C)C(CN)c1nc2cc3c(cc2[nH]1)OCCCO3. The molecule has 1 aromatic heterocycles. The van der Waals surface area contributed by atoms with Gasteiger partial charge < -0.3 is 20.2 Å². The van der Waals surface area contributed by atoms with Crippen LogP contribution in [0.3, 0.4) is 0 Å². The van der Waals surface area contributed by atoms with Crippen LogP contribution < -0.4 is 15.2 Å². The summed E-state index contributed by atoms with van der Waals surface area (Å²) in [6.45, 7) is 6.28. The topological polar surface area (TPSA) is 73.2 Å². The largest absolute Gasteiger partial charge is 0.489 e. The average molecular weight is 275 g/mol. The van der Waals surface area contributed by atoms with Crippen LogP contribution in [0.2, 0.25) is 0 Å². The van der Waals surface area contributed by atoms with Gasteiger partial charge in [0.05, 0.1) is 24.2 Å². The first-order chi connectivity index (χ1) is 9.69. The minimum atomic E-state index is 0.240. The van der Waals surface area contributed by atoms with Crippen molar-refractivity contribution in [1.29, 1.82) is 0 Å². The molecule has 1 aliphatic heterocycles. The van der Waals surface area contributed by atoms with Crippen LogP contribution in [0.4, 0.5) is 0 Å². The van der Waals surface area contributed by atoms with E-state index in [1.54, 1.807) is 0 Å². The number of ether oxygens (including phenoxy) is 2. The van der Waals surface area contributed by atoms with E-state index >= 15 is 0 Å². The first-order valence-corrected chi connectivity index (χ1v) is 7.18. The molecule has 108 valence electrons. The fourth-order valence-electron chi connectivity index (χ4n) is 2.56. The van der Waals surface area contributed by atoms with E-state index in [0.717, 1.165) is 34.8 Å². The van der Waals surface area contributed by atoms with Gasteiger partial charge in [0, 0.05) is 31.0 Å². The molecule has 2 aromatic rings. The van der Waals surface area contributed by atoms with Gasteiger partial charge in [0.15, 0.2) is 11.5 Å². The maximum Gasteiger partial charge on any atom is 0.163 e. The highest BCUT2D eigenvalue weighted by molar-refractivity contribution is 5.80. The quantitative estimate of drug-likeness (QED) is 0.902. The lowest BCUT2D eigenvalue weighted by Gasteiger charge is -2.15. The maximum absolute atomic E-state index is 5.86. The maximum atomic E-state index is 5.86. The molecule has 2 heterocycles. The third-order valence-electron chi connectivity index (χ3n) is 3.78. The Hall–Kier alpha value is -1.75. The second-order valence-electron chi connectivity index (χ2n) is 5.57. The number of imidazole rings is 1. The van der Waals surface area contributed by atoms with Gasteiger partial charge in [-0.05, 0) is 5.92 Å². The summed E-state index contributed by atoms with van der Waals surface area (Å²) in [5, 5.41) is 0. The molecule has 20 heavy (non-hydrogen) atoms. The lowest BCUT2D eigenvalue weighted by molar-refractivity contribution is 0.297. The van der Waals surface area contributed by atoms with Crippen molar-refractivity contribution in [1.82, 2.24) is 9.97 Å². The highest BCUT2D eigenvalue weighted by Crippen LogP contribution is 2.34. The van der Waals surface area contributed by atoms with Crippen molar-refractivity contribution < 1.29 is 9.47 Å². The third-order valence-corrected chi connectivity index (χ3v) is 3.78. The van der Waals surface area contributed by atoms with Crippen LogP contribution in [0.5, 0.6) is 11.5 Å². The van der Waals surface area contributed by atoms with Gasteiger partial charge in [0.25, 0.3) is 0 Å². The Kier molecular flexibility index (Phi) is 3.53. The van der Waals surface area contributed by atoms with Crippen molar-refractivity contribution in [2.75, 3.05) is 19.8 Å². The Morgan fingerprint density at radius 3 is 2.60 bits per heavy atom. The fraction of sp³-hybridized carbons (Fsp3) is 0.533. The van der Waals surface area contributed by atoms with Crippen molar-refractivity contribution >= 4 is 11.0 Å². The predicted octanol–water partition coefficient (Wildman–Crippen LogP) is 2.42. The van der Waals surface area contributed by atoms with Gasteiger partial charge in [-0.2, -0.15) is 0 Å². The number of hydrogen-bond acceptors (Lipinski definition) is 4. The average Bonchev–Trinajstić information content (AvgIpc) is 2.66. The summed E-state index contributed by atoms with van der Waals surface area (Å²) in [6, 6.07) is 3.92. The minimum Gasteiger partial charge on any atom is -0.489 e. The van der Waals surface area contributed by atoms with Crippen LogP contribution in [0, 0.1) is 5.92 Å². The summed E-state index contributed by atoms with van der Waals surface area (Å²) in [5.41, 5.74) is 7.74. The molecular weight excluding hydrogens is 254 g/mol. The van der Waals surface area contributed by atoms with E-state index in [4.69, 9.17) is 15.2 Å². The highest BCUT2D eigenvalue weighted by atomic mass is 16.5. The van der Waals surface area contributed by atoms with Gasteiger partial charge in [0.1, 0.15) is 5.82 Å². The lowest BCUT2D eigenvalue weighted by Crippen LogP contribution is -2.18. The molecule has 3 rings (SSSR count).